The standard InChI is InChI=1S/C11H14ClN3O/c1-7-4-5-13-11(8(2)16)10(7)15-9(3)14-6-12/h4-6,8,15-16H,3H2,1-2H3. The summed E-state index contributed by atoms with van der Waals surface area (Å²) < 4.78 is 0. The molecule has 1 atom stereocenters. The molecule has 86 valence electrons. The molecule has 16 heavy (non-hydrogen) atoms. The third-order valence-corrected chi connectivity index (χ3v) is 2.16. The molecule has 1 aromatic rings. The predicted molar refractivity (Wildman–Crippen MR) is 66.7 cm³/mol. The number of aliphatic imine (C=N–C) groups is 1. The van der Waals surface area contributed by atoms with Gasteiger partial charge in [0.05, 0.1) is 23.2 Å². The van der Waals surface area contributed by atoms with Gasteiger partial charge in [-0.15, -0.1) is 0 Å². The monoisotopic (exact) mass is 239 g/mol. The first-order valence-electron chi connectivity index (χ1n) is 4.78. The number of rotatable bonds is 4. The topological polar surface area (TPSA) is 57.5 Å². The second kappa shape index (κ2) is 5.63. The van der Waals surface area contributed by atoms with Crippen LogP contribution >= 0.6 is 11.6 Å². The lowest BCUT2D eigenvalue weighted by Gasteiger charge is -2.14. The van der Waals surface area contributed by atoms with Crippen molar-refractivity contribution >= 4 is 23.0 Å². The molecule has 0 saturated heterocycles. The third kappa shape index (κ3) is 3.05. The highest BCUT2D eigenvalue weighted by Crippen LogP contribution is 2.25. The van der Waals surface area contributed by atoms with Crippen molar-refractivity contribution in [3.63, 3.8) is 0 Å². The van der Waals surface area contributed by atoms with Gasteiger partial charge < -0.3 is 10.4 Å². The lowest BCUT2D eigenvalue weighted by atomic mass is 10.1. The van der Waals surface area contributed by atoms with E-state index in [9.17, 15) is 5.11 Å². The Kier molecular flexibility index (Phi) is 4.46. The van der Waals surface area contributed by atoms with E-state index in [1.807, 2.05) is 13.0 Å². The number of hydrogen-bond acceptors (Lipinski definition) is 4. The first-order chi connectivity index (χ1) is 7.56. The normalized spacial score (nSPS) is 12.8. The van der Waals surface area contributed by atoms with E-state index in [-0.39, 0.29) is 0 Å². The number of aliphatic hydroxyl groups is 1. The fourth-order valence-electron chi connectivity index (χ4n) is 1.29. The minimum Gasteiger partial charge on any atom is -0.387 e. The van der Waals surface area contributed by atoms with Crippen LogP contribution in [0.5, 0.6) is 0 Å². The molecule has 4 nitrogen and oxygen atoms in total. The number of hydrogen-bond donors (Lipinski definition) is 2. The first kappa shape index (κ1) is 12.7. The Bertz CT molecular complexity index is 416. The van der Waals surface area contributed by atoms with Crippen molar-refractivity contribution in [2.75, 3.05) is 5.32 Å². The summed E-state index contributed by atoms with van der Waals surface area (Å²) in [5.74, 6) is 0.396. The van der Waals surface area contributed by atoms with Gasteiger partial charge in [-0.1, -0.05) is 18.2 Å². The summed E-state index contributed by atoms with van der Waals surface area (Å²) in [4.78, 5) is 7.90. The van der Waals surface area contributed by atoms with Gasteiger partial charge in [0.1, 0.15) is 5.82 Å². The van der Waals surface area contributed by atoms with E-state index in [4.69, 9.17) is 11.6 Å². The molecule has 0 bridgehead atoms. The number of nitrogens with one attached hydrogen (secondary N) is 1. The molecule has 0 aliphatic heterocycles. The van der Waals surface area contributed by atoms with Crippen molar-refractivity contribution in [3.8, 4) is 0 Å². The Labute approximate surface area is 99.7 Å². The van der Waals surface area contributed by atoms with Gasteiger partial charge in [-0.05, 0) is 25.5 Å². The zero-order valence-corrected chi connectivity index (χ0v) is 9.99. The second-order valence-corrected chi connectivity index (χ2v) is 3.56. The molecule has 1 rings (SSSR count). The highest BCUT2D eigenvalue weighted by molar-refractivity contribution is 6.56. The lowest BCUT2D eigenvalue weighted by Crippen LogP contribution is -2.06. The zero-order valence-electron chi connectivity index (χ0n) is 9.24. The Morgan fingerprint density at radius 2 is 2.44 bits per heavy atom. The van der Waals surface area contributed by atoms with Crippen molar-refractivity contribution in [2.24, 2.45) is 4.99 Å². The molecule has 1 unspecified atom stereocenters. The minimum absolute atomic E-state index is 0.396. The maximum absolute atomic E-state index is 9.58. The Hall–Kier alpha value is -1.39. The molecule has 0 aliphatic carbocycles. The smallest absolute Gasteiger partial charge is 0.124 e. The summed E-state index contributed by atoms with van der Waals surface area (Å²) in [6.45, 7) is 7.24. The number of aliphatic hydroxyl groups excluding tert-OH is 1. The predicted octanol–water partition coefficient (Wildman–Crippen LogP) is 2.59. The highest BCUT2D eigenvalue weighted by Gasteiger charge is 2.11. The average Bonchev–Trinajstić information content (AvgIpc) is 2.21. The summed E-state index contributed by atoms with van der Waals surface area (Å²) in [6.07, 6.45) is 0.992. The number of aromatic nitrogens is 1. The molecule has 0 aromatic carbocycles. The van der Waals surface area contributed by atoms with Crippen LogP contribution in [0.4, 0.5) is 5.69 Å². The molecule has 0 aliphatic rings. The number of anilines is 1. The largest absolute Gasteiger partial charge is 0.387 e. The molecule has 5 heteroatoms. The van der Waals surface area contributed by atoms with Crippen LogP contribution in [-0.2, 0) is 0 Å². The van der Waals surface area contributed by atoms with Gasteiger partial charge >= 0.3 is 0 Å². The van der Waals surface area contributed by atoms with E-state index in [0.29, 0.717) is 17.2 Å². The number of pyridine rings is 1. The fourth-order valence-corrected chi connectivity index (χ4v) is 1.41. The van der Waals surface area contributed by atoms with Crippen LogP contribution in [0.25, 0.3) is 0 Å². The number of nitrogens with zero attached hydrogens (tertiary/aromatic N) is 2. The lowest BCUT2D eigenvalue weighted by molar-refractivity contribution is 0.195. The summed E-state index contributed by atoms with van der Waals surface area (Å²) in [5, 5.41) is 12.5. The number of aryl methyl sites for hydroxylation is 1. The van der Waals surface area contributed by atoms with Crippen LogP contribution < -0.4 is 5.32 Å². The van der Waals surface area contributed by atoms with Crippen LogP contribution in [0.2, 0.25) is 0 Å². The zero-order chi connectivity index (χ0) is 12.1. The summed E-state index contributed by atoms with van der Waals surface area (Å²) >= 11 is 5.35. The molecule has 0 spiro atoms. The molecule has 0 fully saturated rings. The van der Waals surface area contributed by atoms with Crippen molar-refractivity contribution in [1.82, 2.24) is 4.98 Å². The van der Waals surface area contributed by atoms with E-state index in [1.54, 1.807) is 13.1 Å². The van der Waals surface area contributed by atoms with Crippen molar-refractivity contribution in [1.29, 1.82) is 0 Å². The second-order valence-electron chi connectivity index (χ2n) is 3.36. The quantitative estimate of drug-likeness (QED) is 0.794. The van der Waals surface area contributed by atoms with Gasteiger partial charge in [0.15, 0.2) is 0 Å². The van der Waals surface area contributed by atoms with Crippen LogP contribution in [0.15, 0.2) is 29.7 Å². The van der Waals surface area contributed by atoms with Gasteiger partial charge in [-0.3, -0.25) is 4.98 Å². The molecule has 0 saturated carbocycles. The molecular formula is C11H14ClN3O. The van der Waals surface area contributed by atoms with Crippen molar-refractivity contribution < 1.29 is 5.11 Å². The van der Waals surface area contributed by atoms with Crippen LogP contribution in [0.1, 0.15) is 24.3 Å². The van der Waals surface area contributed by atoms with E-state index < -0.39 is 6.10 Å². The van der Waals surface area contributed by atoms with Gasteiger partial charge in [-0.2, -0.15) is 0 Å². The van der Waals surface area contributed by atoms with Crippen LogP contribution in [-0.4, -0.2) is 15.8 Å². The Morgan fingerprint density at radius 3 is 3.00 bits per heavy atom. The van der Waals surface area contributed by atoms with E-state index in [2.05, 4.69) is 21.9 Å². The maximum Gasteiger partial charge on any atom is 0.124 e. The SMILES string of the molecule is C=C(N=CCl)Nc1c(C)ccnc1C(C)O. The average molecular weight is 240 g/mol. The van der Waals surface area contributed by atoms with Crippen molar-refractivity contribution in [2.45, 2.75) is 20.0 Å². The van der Waals surface area contributed by atoms with Gasteiger partial charge in [0, 0.05) is 6.20 Å². The van der Waals surface area contributed by atoms with Crippen LogP contribution in [0.3, 0.4) is 0 Å². The van der Waals surface area contributed by atoms with Crippen LogP contribution in [0, 0.1) is 6.92 Å². The van der Waals surface area contributed by atoms with Gasteiger partial charge in [0.2, 0.25) is 0 Å². The van der Waals surface area contributed by atoms with Crippen molar-refractivity contribution in [3.05, 3.63) is 35.9 Å². The van der Waals surface area contributed by atoms with Gasteiger partial charge in [0.25, 0.3) is 0 Å². The fraction of sp³-hybridized carbons (Fsp3) is 0.273. The summed E-state index contributed by atoms with van der Waals surface area (Å²) in [5.41, 5.74) is 3.36. The summed E-state index contributed by atoms with van der Waals surface area (Å²) in [6, 6.07) is 1.84. The molecule has 2 N–H and O–H groups in total. The Balaban J connectivity index is 3.06. The molecule has 1 aromatic heterocycles. The van der Waals surface area contributed by atoms with E-state index in [1.165, 1.54) is 0 Å². The van der Waals surface area contributed by atoms with E-state index >= 15 is 0 Å². The Morgan fingerprint density at radius 1 is 1.75 bits per heavy atom. The van der Waals surface area contributed by atoms with E-state index in [0.717, 1.165) is 11.2 Å². The molecule has 0 amide bonds. The molecule has 1 heterocycles. The first-order valence-corrected chi connectivity index (χ1v) is 5.22. The highest BCUT2D eigenvalue weighted by atomic mass is 35.5. The number of halogens is 1. The minimum atomic E-state index is -0.657. The molecule has 0 radical (unpaired) electrons. The third-order valence-electron chi connectivity index (χ3n) is 2.06. The molecular weight excluding hydrogens is 226 g/mol. The maximum atomic E-state index is 9.58. The summed E-state index contributed by atoms with van der Waals surface area (Å²) in [7, 11) is 0. The van der Waals surface area contributed by atoms with Gasteiger partial charge in [-0.25, -0.2) is 4.99 Å².